The molecule has 0 fully saturated rings. The molecule has 1 aromatic rings. The summed E-state index contributed by atoms with van der Waals surface area (Å²) in [7, 11) is -6.29. The Kier molecular flexibility index (Phi) is 5.51. The van der Waals surface area contributed by atoms with Crippen LogP contribution in [0.15, 0.2) is 27.6 Å². The van der Waals surface area contributed by atoms with Gasteiger partial charge in [-0.05, 0) is 33.6 Å². The van der Waals surface area contributed by atoms with Crippen molar-refractivity contribution < 1.29 is 21.0 Å². The van der Waals surface area contributed by atoms with Crippen LogP contribution in [-0.2, 0) is 30.1 Å². The Morgan fingerprint density at radius 2 is 1.89 bits per heavy atom. The van der Waals surface area contributed by atoms with Crippen LogP contribution in [-0.4, -0.2) is 30.5 Å². The van der Waals surface area contributed by atoms with Crippen LogP contribution in [0.4, 0.5) is 0 Å². The summed E-state index contributed by atoms with van der Waals surface area (Å²) in [6, 6.07) is 4.31. The van der Waals surface area contributed by atoms with Crippen molar-refractivity contribution in [2.45, 2.75) is 17.6 Å². The van der Waals surface area contributed by atoms with Crippen molar-refractivity contribution in [2.24, 2.45) is 0 Å². The number of sulfonamides is 1. The summed E-state index contributed by atoms with van der Waals surface area (Å²) in [5.74, 6) is -0.384. The van der Waals surface area contributed by atoms with Crippen LogP contribution < -0.4 is 4.72 Å². The Bertz CT molecular complexity index is 654. The summed E-state index contributed by atoms with van der Waals surface area (Å²) in [5.41, 5.74) is 0.335. The second-order valence-corrected chi connectivity index (χ2v) is 7.96. The molecule has 0 heterocycles. The number of halogens is 1. The SMILES string of the molecule is CCNS(=O)(=O)c1cc(CS(=O)(=O)OC)ccc1Br. The molecule has 0 bridgehead atoms. The molecule has 1 N–H and O–H groups in total. The zero-order valence-electron chi connectivity index (χ0n) is 10.4. The molecular weight excluding hydrogens is 358 g/mol. The number of benzene rings is 1. The van der Waals surface area contributed by atoms with E-state index in [-0.39, 0.29) is 17.2 Å². The van der Waals surface area contributed by atoms with Gasteiger partial charge in [0.15, 0.2) is 0 Å². The zero-order valence-corrected chi connectivity index (χ0v) is 13.6. The monoisotopic (exact) mass is 371 g/mol. The molecule has 0 spiro atoms. The topological polar surface area (TPSA) is 89.5 Å². The molecule has 6 nitrogen and oxygen atoms in total. The van der Waals surface area contributed by atoms with Crippen LogP contribution in [0.25, 0.3) is 0 Å². The van der Waals surface area contributed by atoms with Crippen molar-refractivity contribution in [3.05, 3.63) is 28.2 Å². The maximum atomic E-state index is 11.9. The van der Waals surface area contributed by atoms with Crippen LogP contribution in [0.2, 0.25) is 0 Å². The average molecular weight is 372 g/mol. The third-order valence-corrected chi connectivity index (χ3v) is 5.95. The van der Waals surface area contributed by atoms with Gasteiger partial charge in [0.05, 0.1) is 12.0 Å². The molecule has 1 aromatic carbocycles. The molecule has 0 aliphatic heterocycles. The van der Waals surface area contributed by atoms with Gasteiger partial charge >= 0.3 is 0 Å². The minimum absolute atomic E-state index is 0.00171. The van der Waals surface area contributed by atoms with E-state index in [1.165, 1.54) is 18.2 Å². The Labute approximate surface area is 121 Å². The summed E-state index contributed by atoms with van der Waals surface area (Å²) >= 11 is 3.13. The van der Waals surface area contributed by atoms with E-state index < -0.39 is 20.1 Å². The third kappa shape index (κ3) is 4.53. The lowest BCUT2D eigenvalue weighted by molar-refractivity contribution is 0.397. The predicted octanol–water partition coefficient (Wildman–Crippen LogP) is 1.22. The first kappa shape index (κ1) is 16.6. The molecule has 0 amide bonds. The number of rotatable bonds is 6. The lowest BCUT2D eigenvalue weighted by Gasteiger charge is -2.09. The minimum Gasteiger partial charge on any atom is -0.273 e. The first-order valence-electron chi connectivity index (χ1n) is 5.28. The molecule has 9 heteroatoms. The van der Waals surface area contributed by atoms with Gasteiger partial charge in [0.1, 0.15) is 5.75 Å². The summed E-state index contributed by atoms with van der Waals surface area (Å²) in [5, 5.41) is 0. The predicted molar refractivity (Wildman–Crippen MR) is 74.6 cm³/mol. The average Bonchev–Trinajstić information content (AvgIpc) is 2.31. The highest BCUT2D eigenvalue weighted by Crippen LogP contribution is 2.24. The van der Waals surface area contributed by atoms with E-state index in [4.69, 9.17) is 0 Å². The summed E-state index contributed by atoms with van der Waals surface area (Å²) in [6.07, 6.45) is 0. The second-order valence-electron chi connectivity index (χ2n) is 3.63. The summed E-state index contributed by atoms with van der Waals surface area (Å²) in [6.45, 7) is 1.90. The van der Waals surface area contributed by atoms with Gasteiger partial charge in [0.2, 0.25) is 10.0 Å². The van der Waals surface area contributed by atoms with E-state index >= 15 is 0 Å². The van der Waals surface area contributed by atoms with Gasteiger partial charge in [-0.2, -0.15) is 8.42 Å². The fourth-order valence-corrected chi connectivity index (χ4v) is 4.13. The van der Waals surface area contributed by atoms with Gasteiger partial charge in [0.25, 0.3) is 10.1 Å². The maximum absolute atomic E-state index is 11.9. The van der Waals surface area contributed by atoms with Gasteiger partial charge in [-0.3, -0.25) is 4.18 Å². The Morgan fingerprint density at radius 3 is 2.42 bits per heavy atom. The lowest BCUT2D eigenvalue weighted by atomic mass is 10.2. The maximum Gasteiger partial charge on any atom is 0.271 e. The third-order valence-electron chi connectivity index (χ3n) is 2.22. The molecule has 1 rings (SSSR count). The van der Waals surface area contributed by atoms with E-state index in [1.54, 1.807) is 6.92 Å². The highest BCUT2D eigenvalue weighted by Gasteiger charge is 2.19. The fourth-order valence-electron chi connectivity index (χ4n) is 1.37. The highest BCUT2D eigenvalue weighted by atomic mass is 79.9. The van der Waals surface area contributed by atoms with Gasteiger partial charge in [0, 0.05) is 11.0 Å². The number of nitrogens with one attached hydrogen (secondary N) is 1. The summed E-state index contributed by atoms with van der Waals surface area (Å²) in [4.78, 5) is -0.00171. The normalized spacial score (nSPS) is 12.6. The van der Waals surface area contributed by atoms with E-state index in [9.17, 15) is 16.8 Å². The van der Waals surface area contributed by atoms with Crippen molar-refractivity contribution in [3.8, 4) is 0 Å². The molecular formula is C10H14BrNO5S2. The van der Waals surface area contributed by atoms with E-state index in [0.717, 1.165) is 7.11 Å². The van der Waals surface area contributed by atoms with Crippen molar-refractivity contribution in [1.29, 1.82) is 0 Å². The standard InChI is InChI=1S/C10H14BrNO5S2/c1-3-12-19(15,16)10-6-8(4-5-9(10)11)7-18(13,14)17-2/h4-6,12H,3,7H2,1-2H3. The molecule has 0 unspecified atom stereocenters. The second kappa shape index (κ2) is 6.31. The molecule has 0 saturated carbocycles. The quantitative estimate of drug-likeness (QED) is 0.759. The van der Waals surface area contributed by atoms with E-state index in [2.05, 4.69) is 24.8 Å². The Morgan fingerprint density at radius 1 is 1.26 bits per heavy atom. The van der Waals surface area contributed by atoms with Crippen LogP contribution in [0.3, 0.4) is 0 Å². The fraction of sp³-hybridized carbons (Fsp3) is 0.400. The van der Waals surface area contributed by atoms with Crippen LogP contribution >= 0.6 is 15.9 Å². The Balaban J connectivity index is 3.22. The van der Waals surface area contributed by atoms with Gasteiger partial charge in [-0.1, -0.05) is 13.0 Å². The largest absolute Gasteiger partial charge is 0.273 e. The molecule has 0 aliphatic carbocycles. The minimum atomic E-state index is -3.69. The molecule has 0 aromatic heterocycles. The highest BCUT2D eigenvalue weighted by molar-refractivity contribution is 9.10. The summed E-state index contributed by atoms with van der Waals surface area (Å²) < 4.78 is 53.6. The van der Waals surface area contributed by atoms with E-state index in [1.807, 2.05) is 0 Å². The van der Waals surface area contributed by atoms with Crippen LogP contribution in [0, 0.1) is 0 Å². The van der Waals surface area contributed by atoms with Crippen LogP contribution in [0.1, 0.15) is 12.5 Å². The molecule has 0 radical (unpaired) electrons. The van der Waals surface area contributed by atoms with Crippen molar-refractivity contribution in [2.75, 3.05) is 13.7 Å². The van der Waals surface area contributed by atoms with Crippen molar-refractivity contribution in [1.82, 2.24) is 4.72 Å². The molecule has 108 valence electrons. The first-order chi connectivity index (χ1) is 8.72. The molecule has 0 saturated heterocycles. The van der Waals surface area contributed by atoms with Gasteiger partial charge < -0.3 is 0 Å². The lowest BCUT2D eigenvalue weighted by Crippen LogP contribution is -2.23. The molecule has 19 heavy (non-hydrogen) atoms. The zero-order chi connectivity index (χ0) is 14.7. The number of hydrogen-bond acceptors (Lipinski definition) is 5. The van der Waals surface area contributed by atoms with Crippen molar-refractivity contribution >= 4 is 36.1 Å². The van der Waals surface area contributed by atoms with Crippen LogP contribution in [0.5, 0.6) is 0 Å². The van der Waals surface area contributed by atoms with Gasteiger partial charge in [-0.25, -0.2) is 13.1 Å². The van der Waals surface area contributed by atoms with E-state index in [0.29, 0.717) is 10.0 Å². The first-order valence-corrected chi connectivity index (χ1v) is 9.13. The van der Waals surface area contributed by atoms with Gasteiger partial charge in [-0.15, -0.1) is 0 Å². The Hall–Kier alpha value is -0.480. The molecule has 0 aliphatic rings. The molecule has 0 atom stereocenters. The number of hydrogen-bond donors (Lipinski definition) is 1. The smallest absolute Gasteiger partial charge is 0.271 e. The van der Waals surface area contributed by atoms with Crippen molar-refractivity contribution in [3.63, 3.8) is 0 Å².